The third-order valence-electron chi connectivity index (χ3n) is 2.74. The molecule has 2 aromatic carbocycles. The molecule has 92 valence electrons. The van der Waals surface area contributed by atoms with Gasteiger partial charge in [0.1, 0.15) is 0 Å². The summed E-state index contributed by atoms with van der Waals surface area (Å²) in [6, 6.07) is 12.8. The highest BCUT2D eigenvalue weighted by atomic mass is 35.5. The third kappa shape index (κ3) is 2.90. The van der Waals surface area contributed by atoms with Gasteiger partial charge in [0, 0.05) is 5.02 Å². The monoisotopic (exact) mass is 260 g/mol. The Bertz CT molecular complexity index is 571. The Labute approximate surface area is 111 Å². The molecule has 0 fully saturated rings. The lowest BCUT2D eigenvalue weighted by atomic mass is 9.99. The molecule has 0 aliphatic heterocycles. The second kappa shape index (κ2) is 5.23. The summed E-state index contributed by atoms with van der Waals surface area (Å²) in [4.78, 5) is 11.1. The summed E-state index contributed by atoms with van der Waals surface area (Å²) in [7, 11) is 0. The number of carbonyl (C=O) groups is 1. The van der Waals surface area contributed by atoms with Crippen LogP contribution in [0.2, 0.25) is 5.02 Å². The standard InChI is InChI=1S/C15H13ClO2/c1-10-6-11(9-13(16)7-10)8-12-4-2-3-5-14(12)15(17)18/h2-7,9H,8H2,1H3,(H,17,18). The lowest BCUT2D eigenvalue weighted by Gasteiger charge is -2.07. The summed E-state index contributed by atoms with van der Waals surface area (Å²) in [5, 5.41) is 9.81. The zero-order valence-corrected chi connectivity index (χ0v) is 10.7. The van der Waals surface area contributed by atoms with Crippen LogP contribution in [0, 0.1) is 6.92 Å². The molecule has 0 aliphatic rings. The molecule has 0 amide bonds. The molecule has 0 heterocycles. The molecular formula is C15H13ClO2. The highest BCUT2D eigenvalue weighted by molar-refractivity contribution is 6.30. The largest absolute Gasteiger partial charge is 0.478 e. The van der Waals surface area contributed by atoms with Gasteiger partial charge in [0.25, 0.3) is 0 Å². The average Bonchev–Trinajstić information content (AvgIpc) is 2.27. The lowest BCUT2D eigenvalue weighted by Crippen LogP contribution is -2.02. The summed E-state index contributed by atoms with van der Waals surface area (Å²) in [6.45, 7) is 1.97. The van der Waals surface area contributed by atoms with E-state index >= 15 is 0 Å². The number of aromatic carboxylic acids is 1. The molecule has 0 aliphatic carbocycles. The molecule has 2 nitrogen and oxygen atoms in total. The van der Waals surface area contributed by atoms with Gasteiger partial charge in [0.15, 0.2) is 0 Å². The van der Waals surface area contributed by atoms with Gasteiger partial charge < -0.3 is 5.11 Å². The molecule has 1 N–H and O–H groups in total. The minimum Gasteiger partial charge on any atom is -0.478 e. The molecule has 0 saturated carbocycles. The van der Waals surface area contributed by atoms with E-state index in [1.54, 1.807) is 12.1 Å². The molecule has 0 unspecified atom stereocenters. The molecule has 2 rings (SSSR count). The fourth-order valence-corrected chi connectivity index (χ4v) is 2.33. The Morgan fingerprint density at radius 2 is 1.94 bits per heavy atom. The molecule has 0 spiro atoms. The molecule has 3 heteroatoms. The van der Waals surface area contributed by atoms with Gasteiger partial charge in [-0.15, -0.1) is 0 Å². The molecule has 0 atom stereocenters. The topological polar surface area (TPSA) is 37.3 Å². The van der Waals surface area contributed by atoms with Crippen molar-refractivity contribution in [3.63, 3.8) is 0 Å². The maximum Gasteiger partial charge on any atom is 0.335 e. The van der Waals surface area contributed by atoms with Gasteiger partial charge in [-0.1, -0.05) is 35.9 Å². The van der Waals surface area contributed by atoms with E-state index in [9.17, 15) is 4.79 Å². The van der Waals surface area contributed by atoms with Crippen molar-refractivity contribution in [1.82, 2.24) is 0 Å². The van der Waals surface area contributed by atoms with E-state index in [0.717, 1.165) is 16.7 Å². The summed E-state index contributed by atoms with van der Waals surface area (Å²) >= 11 is 6.00. The van der Waals surface area contributed by atoms with Crippen LogP contribution in [-0.2, 0) is 6.42 Å². The summed E-state index contributed by atoms with van der Waals surface area (Å²) in [6.07, 6.45) is 0.573. The number of halogens is 1. The van der Waals surface area contributed by atoms with E-state index in [1.165, 1.54) is 0 Å². The van der Waals surface area contributed by atoms with Gasteiger partial charge in [-0.05, 0) is 48.2 Å². The second-order valence-electron chi connectivity index (χ2n) is 4.28. The van der Waals surface area contributed by atoms with Gasteiger partial charge in [-0.25, -0.2) is 4.79 Å². The van der Waals surface area contributed by atoms with E-state index in [2.05, 4.69) is 0 Å². The maximum absolute atomic E-state index is 11.1. The number of rotatable bonds is 3. The van der Waals surface area contributed by atoms with Crippen molar-refractivity contribution in [2.24, 2.45) is 0 Å². The highest BCUT2D eigenvalue weighted by Gasteiger charge is 2.09. The van der Waals surface area contributed by atoms with Crippen LogP contribution in [-0.4, -0.2) is 11.1 Å². The normalized spacial score (nSPS) is 10.3. The number of carboxylic acid groups (broad SMARTS) is 1. The molecule has 0 aromatic heterocycles. The molecule has 0 radical (unpaired) electrons. The van der Waals surface area contributed by atoms with Crippen LogP contribution in [0.25, 0.3) is 0 Å². The first-order valence-corrected chi connectivity index (χ1v) is 6.01. The average molecular weight is 261 g/mol. The van der Waals surface area contributed by atoms with Crippen LogP contribution in [0.1, 0.15) is 27.0 Å². The zero-order valence-electron chi connectivity index (χ0n) is 9.98. The van der Waals surface area contributed by atoms with Gasteiger partial charge in [-0.3, -0.25) is 0 Å². The Morgan fingerprint density at radius 3 is 2.61 bits per heavy atom. The van der Waals surface area contributed by atoms with Crippen molar-refractivity contribution in [3.8, 4) is 0 Å². The molecule has 18 heavy (non-hydrogen) atoms. The maximum atomic E-state index is 11.1. The summed E-state index contributed by atoms with van der Waals surface area (Å²) in [5.74, 6) is -0.899. The minimum absolute atomic E-state index is 0.343. The summed E-state index contributed by atoms with van der Waals surface area (Å²) in [5.41, 5.74) is 3.24. The molecule has 2 aromatic rings. The van der Waals surface area contributed by atoms with Crippen molar-refractivity contribution in [1.29, 1.82) is 0 Å². The van der Waals surface area contributed by atoms with Crippen LogP contribution in [0.3, 0.4) is 0 Å². The first-order valence-electron chi connectivity index (χ1n) is 5.63. The zero-order chi connectivity index (χ0) is 13.1. The summed E-state index contributed by atoms with van der Waals surface area (Å²) < 4.78 is 0. The predicted molar refractivity (Wildman–Crippen MR) is 72.4 cm³/mol. The van der Waals surface area contributed by atoms with E-state index in [-0.39, 0.29) is 0 Å². The Kier molecular flexibility index (Phi) is 3.68. The molecule has 0 saturated heterocycles. The van der Waals surface area contributed by atoms with Crippen molar-refractivity contribution >= 4 is 17.6 Å². The number of carboxylic acids is 1. The number of hydrogen-bond acceptors (Lipinski definition) is 1. The minimum atomic E-state index is -0.899. The molecule has 0 bridgehead atoms. The lowest BCUT2D eigenvalue weighted by molar-refractivity contribution is 0.0696. The SMILES string of the molecule is Cc1cc(Cl)cc(Cc2ccccc2C(=O)O)c1. The van der Waals surface area contributed by atoms with Crippen LogP contribution in [0.4, 0.5) is 0 Å². The van der Waals surface area contributed by atoms with Gasteiger partial charge >= 0.3 is 5.97 Å². The Balaban J connectivity index is 2.37. The third-order valence-corrected chi connectivity index (χ3v) is 2.96. The van der Waals surface area contributed by atoms with Crippen molar-refractivity contribution in [3.05, 3.63) is 69.7 Å². The Hall–Kier alpha value is -1.80. The number of hydrogen-bond donors (Lipinski definition) is 1. The van der Waals surface area contributed by atoms with E-state index < -0.39 is 5.97 Å². The molecular weight excluding hydrogens is 248 g/mol. The van der Waals surface area contributed by atoms with Crippen LogP contribution >= 0.6 is 11.6 Å². The first kappa shape index (κ1) is 12.7. The van der Waals surface area contributed by atoms with Crippen LogP contribution < -0.4 is 0 Å². The highest BCUT2D eigenvalue weighted by Crippen LogP contribution is 2.19. The number of aryl methyl sites for hydroxylation is 1. The first-order chi connectivity index (χ1) is 8.56. The van der Waals surface area contributed by atoms with E-state index in [4.69, 9.17) is 16.7 Å². The second-order valence-corrected chi connectivity index (χ2v) is 4.71. The fourth-order valence-electron chi connectivity index (χ4n) is 2.02. The van der Waals surface area contributed by atoms with Crippen molar-refractivity contribution in [2.75, 3.05) is 0 Å². The van der Waals surface area contributed by atoms with Crippen LogP contribution in [0.5, 0.6) is 0 Å². The fraction of sp³-hybridized carbons (Fsp3) is 0.133. The van der Waals surface area contributed by atoms with Crippen LogP contribution in [0.15, 0.2) is 42.5 Å². The van der Waals surface area contributed by atoms with Gasteiger partial charge in [-0.2, -0.15) is 0 Å². The Morgan fingerprint density at radius 1 is 1.22 bits per heavy atom. The number of benzene rings is 2. The smallest absolute Gasteiger partial charge is 0.335 e. The van der Waals surface area contributed by atoms with Gasteiger partial charge in [0.2, 0.25) is 0 Å². The van der Waals surface area contributed by atoms with Crippen molar-refractivity contribution < 1.29 is 9.90 Å². The van der Waals surface area contributed by atoms with Crippen molar-refractivity contribution in [2.45, 2.75) is 13.3 Å². The predicted octanol–water partition coefficient (Wildman–Crippen LogP) is 3.94. The van der Waals surface area contributed by atoms with E-state index in [0.29, 0.717) is 17.0 Å². The van der Waals surface area contributed by atoms with E-state index in [1.807, 2.05) is 37.3 Å². The quantitative estimate of drug-likeness (QED) is 0.908. The van der Waals surface area contributed by atoms with Gasteiger partial charge in [0.05, 0.1) is 5.56 Å².